The number of rotatable bonds is 18. The summed E-state index contributed by atoms with van der Waals surface area (Å²) in [5.41, 5.74) is 0. The summed E-state index contributed by atoms with van der Waals surface area (Å²) in [5, 5.41) is 11.6. The molecular formula is C42H52Se2. The molecule has 0 N–H and O–H groups in total. The van der Waals surface area contributed by atoms with Crippen LogP contribution in [0.15, 0.2) is 60.7 Å². The van der Waals surface area contributed by atoms with Gasteiger partial charge in [-0.2, -0.15) is 0 Å². The van der Waals surface area contributed by atoms with Crippen LogP contribution in [0.2, 0.25) is 0 Å². The molecule has 0 nitrogen and oxygen atoms in total. The third-order valence-corrected chi connectivity index (χ3v) is 14.7. The Hall–Kier alpha value is -1.82. The van der Waals surface area contributed by atoms with E-state index in [1.807, 2.05) is 0 Å². The monoisotopic (exact) mass is 716 g/mol. The molecule has 0 unspecified atom stereocenters. The van der Waals surface area contributed by atoms with Gasteiger partial charge in [0, 0.05) is 0 Å². The number of fused-ring (bicyclic) bond motifs is 9. The Morgan fingerprint density at radius 2 is 0.636 bits per heavy atom. The first kappa shape index (κ1) is 32.1. The van der Waals surface area contributed by atoms with Crippen molar-refractivity contribution in [1.29, 1.82) is 0 Å². The van der Waals surface area contributed by atoms with Crippen molar-refractivity contribution in [2.45, 2.75) is 129 Å². The van der Waals surface area contributed by atoms with Gasteiger partial charge in [0.05, 0.1) is 0 Å². The molecule has 0 aliphatic carbocycles. The van der Waals surface area contributed by atoms with E-state index in [1.54, 1.807) is 17.4 Å². The maximum atomic E-state index is 2.57. The summed E-state index contributed by atoms with van der Waals surface area (Å²) in [5.74, 6) is 0. The first-order chi connectivity index (χ1) is 21.8. The zero-order valence-corrected chi connectivity index (χ0v) is 30.7. The standard InChI is InChI=1S/C42H52Se2/c1-3-5-7-9-11-13-15-17-19-31-29-39-37-23-21-34-33(35(37)25-27-41(39)43-31)22-24-38-36(34)26-28-42-40(38)30-32(44-42)20-18-16-14-12-10-8-6-4-2/h21-30H,3-20H2,1-2H3. The average molecular weight is 715 g/mol. The molecule has 0 atom stereocenters. The molecule has 6 aromatic rings. The molecule has 4 aromatic carbocycles. The number of unbranched alkanes of at least 4 members (excludes halogenated alkanes) is 14. The van der Waals surface area contributed by atoms with Crippen LogP contribution in [0.25, 0.3) is 51.6 Å². The molecule has 6 rings (SSSR count). The normalized spacial score (nSPS) is 12.1. The topological polar surface area (TPSA) is 0 Å². The molecule has 0 saturated carbocycles. The van der Waals surface area contributed by atoms with Crippen molar-refractivity contribution in [3.63, 3.8) is 0 Å². The van der Waals surface area contributed by atoms with Crippen molar-refractivity contribution in [3.8, 4) is 0 Å². The van der Waals surface area contributed by atoms with Gasteiger partial charge >= 0.3 is 280 Å². The Labute approximate surface area is 278 Å². The van der Waals surface area contributed by atoms with Gasteiger partial charge in [-0.25, -0.2) is 0 Å². The zero-order chi connectivity index (χ0) is 30.1. The first-order valence-electron chi connectivity index (χ1n) is 18.0. The number of aryl methyl sites for hydroxylation is 2. The van der Waals surface area contributed by atoms with Gasteiger partial charge in [-0.3, -0.25) is 0 Å². The van der Waals surface area contributed by atoms with E-state index in [4.69, 9.17) is 0 Å². The van der Waals surface area contributed by atoms with Crippen LogP contribution >= 0.6 is 0 Å². The van der Waals surface area contributed by atoms with Crippen molar-refractivity contribution >= 4 is 80.6 Å². The summed E-state index contributed by atoms with van der Waals surface area (Å²) < 4.78 is 6.59. The Morgan fingerprint density at radius 3 is 1.00 bits per heavy atom. The van der Waals surface area contributed by atoms with Crippen LogP contribution in [0.1, 0.15) is 125 Å². The fraction of sp³-hybridized carbons (Fsp3) is 0.476. The van der Waals surface area contributed by atoms with Crippen molar-refractivity contribution in [1.82, 2.24) is 0 Å². The van der Waals surface area contributed by atoms with E-state index in [-0.39, 0.29) is 0 Å². The second-order valence-electron chi connectivity index (χ2n) is 13.2. The predicted octanol–water partition coefficient (Wildman–Crippen LogP) is 12.9. The predicted molar refractivity (Wildman–Crippen MR) is 200 cm³/mol. The van der Waals surface area contributed by atoms with Crippen LogP contribution in [0.5, 0.6) is 0 Å². The minimum absolute atomic E-state index is 0.504. The first-order valence-corrected chi connectivity index (χ1v) is 21.4. The van der Waals surface area contributed by atoms with E-state index >= 15 is 0 Å². The van der Waals surface area contributed by atoms with Gasteiger partial charge in [0.1, 0.15) is 0 Å². The van der Waals surface area contributed by atoms with E-state index in [0.29, 0.717) is 29.0 Å². The van der Waals surface area contributed by atoms with E-state index < -0.39 is 0 Å². The second kappa shape index (κ2) is 16.1. The van der Waals surface area contributed by atoms with Crippen LogP contribution in [-0.4, -0.2) is 29.0 Å². The summed E-state index contributed by atoms with van der Waals surface area (Å²) in [4.78, 5) is 0. The fourth-order valence-electron chi connectivity index (χ4n) is 7.30. The van der Waals surface area contributed by atoms with Crippen LogP contribution in [-0.2, 0) is 12.8 Å². The molecule has 2 aromatic heterocycles. The second-order valence-corrected chi connectivity index (χ2v) is 18.1. The molecule has 0 amide bonds. The maximum absolute atomic E-state index is 2.57. The third-order valence-electron chi connectivity index (χ3n) is 9.84. The van der Waals surface area contributed by atoms with Gasteiger partial charge in [-0.15, -0.1) is 0 Å². The van der Waals surface area contributed by atoms with E-state index in [2.05, 4.69) is 74.5 Å². The quantitative estimate of drug-likeness (QED) is 0.0472. The van der Waals surface area contributed by atoms with Crippen LogP contribution in [0, 0.1) is 0 Å². The molecular weight excluding hydrogens is 662 g/mol. The molecule has 0 spiro atoms. The Bertz CT molecular complexity index is 1670. The van der Waals surface area contributed by atoms with Crippen molar-refractivity contribution < 1.29 is 0 Å². The fourth-order valence-corrected chi connectivity index (χ4v) is 12.0. The number of hydrogen-bond acceptors (Lipinski definition) is 0. The number of benzene rings is 4. The van der Waals surface area contributed by atoms with E-state index in [9.17, 15) is 0 Å². The van der Waals surface area contributed by atoms with Gasteiger partial charge < -0.3 is 0 Å². The van der Waals surface area contributed by atoms with Crippen LogP contribution < -0.4 is 0 Å². The van der Waals surface area contributed by atoms with Gasteiger partial charge in [-0.05, 0) is 0 Å². The third kappa shape index (κ3) is 7.58. The molecule has 2 heterocycles. The molecule has 0 saturated heterocycles. The van der Waals surface area contributed by atoms with Crippen LogP contribution in [0.4, 0.5) is 0 Å². The minimum atomic E-state index is 0.504. The Kier molecular flexibility index (Phi) is 11.8. The summed E-state index contributed by atoms with van der Waals surface area (Å²) in [7, 11) is 0. The van der Waals surface area contributed by atoms with Crippen molar-refractivity contribution in [2.24, 2.45) is 0 Å². The summed E-state index contributed by atoms with van der Waals surface area (Å²) >= 11 is 1.01. The zero-order valence-electron chi connectivity index (χ0n) is 27.3. The Balaban J connectivity index is 1.16. The number of hydrogen-bond donors (Lipinski definition) is 0. The van der Waals surface area contributed by atoms with E-state index in [1.165, 1.54) is 159 Å². The Morgan fingerprint density at radius 1 is 0.341 bits per heavy atom. The summed E-state index contributed by atoms with van der Waals surface area (Å²) in [6, 6.07) is 24.6. The van der Waals surface area contributed by atoms with Gasteiger partial charge in [0.15, 0.2) is 0 Å². The van der Waals surface area contributed by atoms with Crippen molar-refractivity contribution in [2.75, 3.05) is 0 Å². The molecule has 2 heteroatoms. The van der Waals surface area contributed by atoms with Gasteiger partial charge in [-0.1, -0.05) is 0 Å². The van der Waals surface area contributed by atoms with Crippen LogP contribution in [0.3, 0.4) is 0 Å². The summed E-state index contributed by atoms with van der Waals surface area (Å²) in [6.45, 7) is 4.61. The average Bonchev–Trinajstić information content (AvgIpc) is 3.67. The van der Waals surface area contributed by atoms with E-state index in [0.717, 1.165) is 0 Å². The molecule has 0 radical (unpaired) electrons. The molecule has 232 valence electrons. The SMILES string of the molecule is CCCCCCCCCCc1cc2c(ccc3c2ccc2c4ccc5[se]c(CCCCCCCCCC)cc5c4ccc32)[se]1. The molecule has 0 aliphatic rings. The molecule has 0 aliphatic heterocycles. The van der Waals surface area contributed by atoms with Gasteiger partial charge in [0.25, 0.3) is 0 Å². The molecule has 0 fully saturated rings. The molecule has 0 bridgehead atoms. The van der Waals surface area contributed by atoms with Crippen molar-refractivity contribution in [3.05, 3.63) is 69.5 Å². The molecule has 44 heavy (non-hydrogen) atoms. The van der Waals surface area contributed by atoms with Gasteiger partial charge in [0.2, 0.25) is 0 Å². The summed E-state index contributed by atoms with van der Waals surface area (Å²) in [6.07, 6.45) is 25.0.